The molecule has 0 saturated carbocycles. The van der Waals surface area contributed by atoms with E-state index in [2.05, 4.69) is 25.4 Å². The molecule has 4 rings (SSSR count). The van der Waals surface area contributed by atoms with Gasteiger partial charge in [-0.2, -0.15) is 5.10 Å². The highest BCUT2D eigenvalue weighted by Crippen LogP contribution is 2.26. The van der Waals surface area contributed by atoms with Crippen molar-refractivity contribution in [3.05, 3.63) is 53.2 Å². The van der Waals surface area contributed by atoms with Crippen molar-refractivity contribution < 1.29 is 9.53 Å². The highest BCUT2D eigenvalue weighted by Gasteiger charge is 2.25. The third-order valence-corrected chi connectivity index (χ3v) is 6.25. The molecule has 1 aromatic carbocycles. The highest BCUT2D eigenvalue weighted by molar-refractivity contribution is 7.13. The molecule has 3 heterocycles. The van der Waals surface area contributed by atoms with E-state index in [1.165, 1.54) is 0 Å². The van der Waals surface area contributed by atoms with Crippen LogP contribution in [0.2, 0.25) is 0 Å². The molecule has 0 spiro atoms. The minimum Gasteiger partial charge on any atom is -0.497 e. The number of thiazole rings is 1. The fourth-order valence-corrected chi connectivity index (χ4v) is 4.33. The third-order valence-electron chi connectivity index (χ3n) is 5.31. The van der Waals surface area contributed by atoms with Crippen molar-refractivity contribution in [3.8, 4) is 16.3 Å². The molecular formula is C22H25N5O2S. The normalized spacial score (nSPS) is 14.5. The number of nitrogens with one attached hydrogen (secondary N) is 1. The summed E-state index contributed by atoms with van der Waals surface area (Å²) < 4.78 is 5.20. The highest BCUT2D eigenvalue weighted by atomic mass is 32.1. The number of aromatic nitrogens is 3. The van der Waals surface area contributed by atoms with Crippen molar-refractivity contribution in [2.75, 3.05) is 25.1 Å². The number of methoxy groups -OCH3 is 1. The molecule has 2 aromatic heterocycles. The van der Waals surface area contributed by atoms with E-state index in [9.17, 15) is 4.79 Å². The molecule has 0 unspecified atom stereocenters. The van der Waals surface area contributed by atoms with Crippen molar-refractivity contribution in [1.29, 1.82) is 0 Å². The SMILES string of the molecule is COc1ccc(-c2nc(CNC(=O)C3CCN(c4ccc(C)nn4)CC3)cs2)cc1. The Bertz CT molecular complexity index is 980. The van der Waals surface area contributed by atoms with Gasteiger partial charge >= 0.3 is 0 Å². The van der Waals surface area contributed by atoms with Crippen LogP contribution in [0.5, 0.6) is 5.75 Å². The number of benzene rings is 1. The summed E-state index contributed by atoms with van der Waals surface area (Å²) in [6.07, 6.45) is 1.63. The Morgan fingerprint density at radius 3 is 2.60 bits per heavy atom. The molecular weight excluding hydrogens is 398 g/mol. The molecule has 1 fully saturated rings. The number of anilines is 1. The van der Waals surface area contributed by atoms with Crippen LogP contribution < -0.4 is 15.0 Å². The fraction of sp³-hybridized carbons (Fsp3) is 0.364. The number of rotatable bonds is 6. The predicted octanol–water partition coefficient (Wildman–Crippen LogP) is 3.45. The minimum atomic E-state index is 0.0272. The first-order valence-electron chi connectivity index (χ1n) is 10.0. The van der Waals surface area contributed by atoms with E-state index in [-0.39, 0.29) is 11.8 Å². The van der Waals surface area contributed by atoms with Crippen LogP contribution in [0.3, 0.4) is 0 Å². The zero-order valence-corrected chi connectivity index (χ0v) is 18.0. The number of aryl methyl sites for hydroxylation is 1. The largest absolute Gasteiger partial charge is 0.497 e. The van der Waals surface area contributed by atoms with E-state index in [1.54, 1.807) is 18.4 Å². The average Bonchev–Trinajstić information content (AvgIpc) is 3.27. The summed E-state index contributed by atoms with van der Waals surface area (Å²) in [6.45, 7) is 4.01. The van der Waals surface area contributed by atoms with Gasteiger partial charge in [-0.05, 0) is 56.2 Å². The Kier molecular flexibility index (Phi) is 6.23. The second-order valence-electron chi connectivity index (χ2n) is 7.38. The summed E-state index contributed by atoms with van der Waals surface area (Å²) in [5, 5.41) is 14.4. The van der Waals surface area contributed by atoms with Crippen molar-refractivity contribution in [2.45, 2.75) is 26.3 Å². The number of nitrogens with zero attached hydrogens (tertiary/aromatic N) is 4. The first-order chi connectivity index (χ1) is 14.6. The van der Waals surface area contributed by atoms with Crippen molar-refractivity contribution in [2.24, 2.45) is 5.92 Å². The molecule has 1 aliphatic heterocycles. The third kappa shape index (κ3) is 4.76. The van der Waals surface area contributed by atoms with Gasteiger partial charge in [0.05, 0.1) is 25.0 Å². The van der Waals surface area contributed by atoms with Gasteiger partial charge in [-0.15, -0.1) is 16.4 Å². The van der Waals surface area contributed by atoms with E-state index < -0.39 is 0 Å². The molecule has 0 radical (unpaired) electrons. The zero-order valence-electron chi connectivity index (χ0n) is 17.2. The Hall–Kier alpha value is -3.00. The Morgan fingerprint density at radius 1 is 1.17 bits per heavy atom. The van der Waals surface area contributed by atoms with E-state index in [4.69, 9.17) is 4.74 Å². The van der Waals surface area contributed by atoms with Crippen LogP contribution in [0.25, 0.3) is 10.6 Å². The maximum absolute atomic E-state index is 12.6. The molecule has 1 N–H and O–H groups in total. The Morgan fingerprint density at radius 2 is 1.93 bits per heavy atom. The van der Waals surface area contributed by atoms with E-state index >= 15 is 0 Å². The summed E-state index contributed by atoms with van der Waals surface area (Å²) in [5.74, 6) is 1.83. The smallest absolute Gasteiger partial charge is 0.223 e. The molecule has 1 amide bonds. The van der Waals surface area contributed by atoms with Gasteiger partial charge in [0.1, 0.15) is 10.8 Å². The monoisotopic (exact) mass is 423 g/mol. The number of piperidine rings is 1. The van der Waals surface area contributed by atoms with Gasteiger partial charge in [0.15, 0.2) is 5.82 Å². The zero-order chi connectivity index (χ0) is 20.9. The molecule has 30 heavy (non-hydrogen) atoms. The first-order valence-corrected chi connectivity index (χ1v) is 10.9. The van der Waals surface area contributed by atoms with E-state index in [0.717, 1.165) is 59.5 Å². The van der Waals surface area contributed by atoms with Crippen molar-refractivity contribution in [1.82, 2.24) is 20.5 Å². The number of carbonyl (C=O) groups excluding carboxylic acids is 1. The second kappa shape index (κ2) is 9.21. The van der Waals surface area contributed by atoms with Gasteiger partial charge in [-0.3, -0.25) is 4.79 Å². The molecule has 0 bridgehead atoms. The number of ether oxygens (including phenoxy) is 1. The number of carbonyl (C=O) groups is 1. The predicted molar refractivity (Wildman–Crippen MR) is 118 cm³/mol. The summed E-state index contributed by atoms with van der Waals surface area (Å²) in [5.41, 5.74) is 2.83. The standard InChI is InChI=1S/C22H25N5O2S/c1-15-3-8-20(26-25-15)27-11-9-16(10-12-27)21(28)23-13-18-14-30-22(24-18)17-4-6-19(29-2)7-5-17/h3-8,14,16H,9-13H2,1-2H3,(H,23,28). The maximum Gasteiger partial charge on any atom is 0.223 e. The molecule has 8 heteroatoms. The summed E-state index contributed by atoms with van der Waals surface area (Å²) in [4.78, 5) is 19.5. The molecule has 1 saturated heterocycles. The lowest BCUT2D eigenvalue weighted by Crippen LogP contribution is -2.40. The van der Waals surface area contributed by atoms with Gasteiger partial charge < -0.3 is 15.0 Å². The van der Waals surface area contributed by atoms with Crippen LogP contribution in [0, 0.1) is 12.8 Å². The number of hydrogen-bond donors (Lipinski definition) is 1. The van der Waals surface area contributed by atoms with E-state index in [1.807, 2.05) is 48.7 Å². The van der Waals surface area contributed by atoms with Gasteiger partial charge in [-0.1, -0.05) is 0 Å². The van der Waals surface area contributed by atoms with Crippen molar-refractivity contribution in [3.63, 3.8) is 0 Å². The van der Waals surface area contributed by atoms with Gasteiger partial charge in [-0.25, -0.2) is 4.98 Å². The molecule has 156 valence electrons. The molecule has 7 nitrogen and oxygen atoms in total. The molecule has 1 aliphatic rings. The van der Waals surface area contributed by atoms with Crippen molar-refractivity contribution >= 4 is 23.1 Å². The lowest BCUT2D eigenvalue weighted by Gasteiger charge is -2.31. The quantitative estimate of drug-likeness (QED) is 0.654. The van der Waals surface area contributed by atoms with Gasteiger partial charge in [0.2, 0.25) is 5.91 Å². The summed E-state index contributed by atoms with van der Waals surface area (Å²) >= 11 is 1.58. The van der Waals surface area contributed by atoms with Crippen LogP contribution in [0.4, 0.5) is 5.82 Å². The number of amides is 1. The van der Waals surface area contributed by atoms with Gasteiger partial charge in [0.25, 0.3) is 0 Å². The van der Waals surface area contributed by atoms with Gasteiger partial charge in [0, 0.05) is 30.0 Å². The summed E-state index contributed by atoms with van der Waals surface area (Å²) in [6, 6.07) is 11.8. The van der Waals surface area contributed by atoms with Crippen LogP contribution >= 0.6 is 11.3 Å². The Balaban J connectivity index is 1.27. The Labute approximate surface area is 180 Å². The number of hydrogen-bond acceptors (Lipinski definition) is 7. The topological polar surface area (TPSA) is 80.2 Å². The van der Waals surface area contributed by atoms with Crippen LogP contribution in [-0.2, 0) is 11.3 Å². The second-order valence-corrected chi connectivity index (χ2v) is 8.24. The van der Waals surface area contributed by atoms with Crippen LogP contribution in [-0.4, -0.2) is 41.3 Å². The van der Waals surface area contributed by atoms with E-state index in [0.29, 0.717) is 6.54 Å². The molecule has 3 aromatic rings. The fourth-order valence-electron chi connectivity index (χ4n) is 3.51. The first kappa shape index (κ1) is 20.3. The average molecular weight is 424 g/mol. The molecule has 0 aliphatic carbocycles. The summed E-state index contributed by atoms with van der Waals surface area (Å²) in [7, 11) is 1.65. The van der Waals surface area contributed by atoms with Crippen LogP contribution in [0.15, 0.2) is 41.8 Å². The lowest BCUT2D eigenvalue weighted by molar-refractivity contribution is -0.125. The maximum atomic E-state index is 12.6. The van der Waals surface area contributed by atoms with Crippen LogP contribution in [0.1, 0.15) is 24.2 Å². The lowest BCUT2D eigenvalue weighted by atomic mass is 9.96. The minimum absolute atomic E-state index is 0.0272. The molecule has 0 atom stereocenters.